The summed E-state index contributed by atoms with van der Waals surface area (Å²) in [6.45, 7) is 5.46. The van der Waals surface area contributed by atoms with Crippen LogP contribution in [-0.2, 0) is 31.2 Å². The van der Waals surface area contributed by atoms with Crippen LogP contribution in [0.1, 0.15) is 27.2 Å². The Labute approximate surface area is 70.8 Å². The zero-order chi connectivity index (χ0) is 6.57. The van der Waals surface area contributed by atoms with Crippen LogP contribution < -0.4 is 0 Å². The van der Waals surface area contributed by atoms with Gasteiger partial charge in [0.1, 0.15) is 0 Å². The minimum absolute atomic E-state index is 0. The molecule has 3 heteroatoms. The second kappa shape index (κ2) is 6.31. The van der Waals surface area contributed by atoms with Crippen molar-refractivity contribution in [2.24, 2.45) is 0 Å². The summed E-state index contributed by atoms with van der Waals surface area (Å²) in [5.41, 5.74) is 0. The summed E-state index contributed by atoms with van der Waals surface area (Å²) in [5.74, 6) is -0.125. The molecule has 0 amide bonds. The van der Waals surface area contributed by atoms with Crippen LogP contribution in [0, 0.1) is 0 Å². The van der Waals surface area contributed by atoms with Gasteiger partial charge >= 0.3 is 5.97 Å². The fourth-order valence-corrected chi connectivity index (χ4v) is 0.346. The molecule has 2 nitrogen and oxygen atoms in total. The smallest absolute Gasteiger partial charge is 0.305 e. The average Bonchev–Trinajstić information content (AvgIpc) is 1.65. The first kappa shape index (κ1) is 11.9. The maximum atomic E-state index is 10.4. The van der Waals surface area contributed by atoms with E-state index in [0.29, 0.717) is 6.42 Å². The Morgan fingerprint density at radius 2 is 2.00 bits per heavy atom. The van der Waals surface area contributed by atoms with E-state index in [2.05, 4.69) is 0 Å². The van der Waals surface area contributed by atoms with E-state index in [4.69, 9.17) is 4.74 Å². The third kappa shape index (κ3) is 8.18. The number of hydrogen-bond acceptors (Lipinski definition) is 2. The van der Waals surface area contributed by atoms with E-state index >= 15 is 0 Å². The van der Waals surface area contributed by atoms with Crippen LogP contribution in [0.15, 0.2) is 0 Å². The van der Waals surface area contributed by atoms with Crippen molar-refractivity contribution >= 4 is 5.97 Å². The Kier molecular flexibility index (Phi) is 8.35. The molecule has 0 radical (unpaired) electrons. The summed E-state index contributed by atoms with van der Waals surface area (Å²) in [5, 5.41) is 0. The maximum Gasteiger partial charge on any atom is 0.305 e. The Hall–Kier alpha value is 0.184. The molecule has 0 aliphatic rings. The third-order valence-corrected chi connectivity index (χ3v) is 0.656. The molecule has 0 rings (SSSR count). The molecule has 0 atom stereocenters. The zero-order valence-electron chi connectivity index (χ0n) is 6.10. The van der Waals surface area contributed by atoms with Gasteiger partial charge < -0.3 is 4.74 Å². The maximum absolute atomic E-state index is 10.4. The summed E-state index contributed by atoms with van der Waals surface area (Å²) in [6, 6.07) is 0. The van der Waals surface area contributed by atoms with Crippen molar-refractivity contribution in [1.29, 1.82) is 0 Å². The minimum Gasteiger partial charge on any atom is -0.463 e. The first-order valence-electron chi connectivity index (χ1n) is 2.86. The number of rotatable bonds is 2. The molecule has 0 heterocycles. The third-order valence-electron chi connectivity index (χ3n) is 0.656. The summed E-state index contributed by atoms with van der Waals surface area (Å²) < 4.78 is 4.76. The molecule has 52 valence electrons. The first-order valence-corrected chi connectivity index (χ1v) is 2.86. The molecule has 0 aromatic heterocycles. The van der Waals surface area contributed by atoms with Crippen LogP contribution in [0.3, 0.4) is 0 Å². The van der Waals surface area contributed by atoms with Crippen molar-refractivity contribution in [3.63, 3.8) is 0 Å². The normalized spacial score (nSPS) is 8.44. The number of esters is 1. The molecule has 0 aliphatic carbocycles. The second-order valence-corrected chi connectivity index (χ2v) is 1.89. The van der Waals surface area contributed by atoms with Gasteiger partial charge in [-0.05, 0) is 13.8 Å². The fourth-order valence-electron chi connectivity index (χ4n) is 0.346. The van der Waals surface area contributed by atoms with Crippen LogP contribution >= 0.6 is 0 Å². The van der Waals surface area contributed by atoms with Crippen LogP contribution in [0.4, 0.5) is 0 Å². The molecule has 0 aliphatic heterocycles. The molecule has 0 aromatic rings. The van der Waals surface area contributed by atoms with E-state index in [9.17, 15) is 4.79 Å². The van der Waals surface area contributed by atoms with Crippen LogP contribution in [0.2, 0.25) is 0 Å². The Morgan fingerprint density at radius 1 is 1.56 bits per heavy atom. The SMILES string of the molecule is CCC(=O)OC(C)C.[Ti]. The van der Waals surface area contributed by atoms with Crippen molar-refractivity contribution in [3.05, 3.63) is 0 Å². The molecule has 0 saturated heterocycles. The average molecular weight is 164 g/mol. The summed E-state index contributed by atoms with van der Waals surface area (Å²) in [7, 11) is 0. The van der Waals surface area contributed by atoms with Crippen molar-refractivity contribution in [2.45, 2.75) is 33.3 Å². The molecular weight excluding hydrogens is 152 g/mol. The molecular formula is C6H12O2Ti. The fraction of sp³-hybridized carbons (Fsp3) is 0.833. The molecule has 0 spiro atoms. The van der Waals surface area contributed by atoms with Crippen molar-refractivity contribution in [2.75, 3.05) is 0 Å². The standard InChI is InChI=1S/C6H12O2.Ti/c1-4-6(7)8-5(2)3;/h5H,4H2,1-3H3;. The van der Waals surface area contributed by atoms with E-state index in [-0.39, 0.29) is 33.8 Å². The van der Waals surface area contributed by atoms with Gasteiger partial charge in [0.15, 0.2) is 0 Å². The summed E-state index contributed by atoms with van der Waals surface area (Å²) >= 11 is 0. The van der Waals surface area contributed by atoms with Gasteiger partial charge in [0.25, 0.3) is 0 Å². The number of ether oxygens (including phenoxy) is 1. The van der Waals surface area contributed by atoms with Gasteiger partial charge in [0, 0.05) is 28.1 Å². The van der Waals surface area contributed by atoms with Gasteiger partial charge in [-0.1, -0.05) is 6.92 Å². The Morgan fingerprint density at radius 3 is 2.11 bits per heavy atom. The number of carbonyl (C=O) groups is 1. The summed E-state index contributed by atoms with van der Waals surface area (Å²) in [6.07, 6.45) is 0.500. The Bertz CT molecular complexity index is 81.1. The van der Waals surface area contributed by atoms with E-state index in [1.54, 1.807) is 6.92 Å². The quantitative estimate of drug-likeness (QED) is 0.454. The summed E-state index contributed by atoms with van der Waals surface area (Å²) in [4.78, 5) is 10.4. The zero-order valence-corrected chi connectivity index (χ0v) is 7.66. The van der Waals surface area contributed by atoms with Crippen molar-refractivity contribution in [1.82, 2.24) is 0 Å². The van der Waals surface area contributed by atoms with Gasteiger partial charge in [0.05, 0.1) is 6.10 Å². The molecule has 0 fully saturated rings. The van der Waals surface area contributed by atoms with Crippen molar-refractivity contribution < 1.29 is 31.2 Å². The topological polar surface area (TPSA) is 26.3 Å². The van der Waals surface area contributed by atoms with Crippen LogP contribution in [-0.4, -0.2) is 12.1 Å². The number of hydrogen-bond donors (Lipinski definition) is 0. The van der Waals surface area contributed by atoms with Gasteiger partial charge in [-0.15, -0.1) is 0 Å². The molecule has 9 heavy (non-hydrogen) atoms. The van der Waals surface area contributed by atoms with E-state index in [0.717, 1.165) is 0 Å². The molecule has 0 unspecified atom stereocenters. The minimum atomic E-state index is -0.125. The predicted molar refractivity (Wildman–Crippen MR) is 31.5 cm³/mol. The monoisotopic (exact) mass is 164 g/mol. The van der Waals surface area contributed by atoms with E-state index in [1.807, 2.05) is 13.8 Å². The largest absolute Gasteiger partial charge is 0.463 e. The first-order chi connectivity index (χ1) is 3.66. The number of carbonyl (C=O) groups excluding carboxylic acids is 1. The van der Waals surface area contributed by atoms with Crippen molar-refractivity contribution in [3.8, 4) is 0 Å². The second-order valence-electron chi connectivity index (χ2n) is 1.89. The predicted octanol–water partition coefficient (Wildman–Crippen LogP) is 1.35. The molecule has 0 bridgehead atoms. The van der Waals surface area contributed by atoms with Gasteiger partial charge in [0.2, 0.25) is 0 Å². The van der Waals surface area contributed by atoms with E-state index < -0.39 is 0 Å². The van der Waals surface area contributed by atoms with Crippen LogP contribution in [0.25, 0.3) is 0 Å². The molecule has 0 N–H and O–H groups in total. The van der Waals surface area contributed by atoms with E-state index in [1.165, 1.54) is 0 Å². The van der Waals surface area contributed by atoms with Crippen LogP contribution in [0.5, 0.6) is 0 Å². The van der Waals surface area contributed by atoms with Gasteiger partial charge in [-0.3, -0.25) is 4.79 Å². The molecule has 0 saturated carbocycles. The van der Waals surface area contributed by atoms with Gasteiger partial charge in [-0.25, -0.2) is 0 Å². The van der Waals surface area contributed by atoms with Gasteiger partial charge in [-0.2, -0.15) is 0 Å². The Balaban J connectivity index is 0. The molecule has 0 aromatic carbocycles.